The van der Waals surface area contributed by atoms with Gasteiger partial charge in [0.05, 0.1) is 9.79 Å². The molecule has 1 aliphatic heterocycles. The first-order valence-corrected chi connectivity index (χ1v) is 6.33. The first-order chi connectivity index (χ1) is 9.15. The van der Waals surface area contributed by atoms with Crippen molar-refractivity contribution in [3.8, 4) is 11.5 Å². The van der Waals surface area contributed by atoms with E-state index in [-0.39, 0.29) is 5.56 Å². The van der Waals surface area contributed by atoms with E-state index in [2.05, 4.69) is 0 Å². The van der Waals surface area contributed by atoms with E-state index in [0.717, 1.165) is 15.5 Å². The summed E-state index contributed by atoms with van der Waals surface area (Å²) in [4.78, 5) is 23.8. The Bertz CT molecular complexity index is 694. The van der Waals surface area contributed by atoms with Gasteiger partial charge in [-0.3, -0.25) is 4.79 Å². The number of benzene rings is 2. The third-order valence-corrected chi connectivity index (χ3v) is 3.79. The fraction of sp³-hybridized carbons (Fsp3) is 0. The van der Waals surface area contributed by atoms with Crippen molar-refractivity contribution in [2.45, 2.75) is 9.79 Å². The summed E-state index contributed by atoms with van der Waals surface area (Å²) in [6, 6.07) is 12.2. The molecule has 1 N–H and O–H groups in total. The lowest BCUT2D eigenvalue weighted by atomic mass is 10.1. The number of para-hydroxylation sites is 1. The van der Waals surface area contributed by atoms with E-state index < -0.39 is 11.8 Å². The van der Waals surface area contributed by atoms with E-state index in [4.69, 9.17) is 9.84 Å². The van der Waals surface area contributed by atoms with Crippen molar-refractivity contribution in [2.24, 2.45) is 0 Å². The predicted octanol–water partition coefficient (Wildman–Crippen LogP) is 3.21. The van der Waals surface area contributed by atoms with E-state index in [1.165, 1.54) is 17.8 Å². The molecule has 0 spiro atoms. The summed E-state index contributed by atoms with van der Waals surface area (Å²) in [7, 11) is 0. The molecule has 2 aromatic carbocycles. The smallest absolute Gasteiger partial charge is 0.377 e. The summed E-state index contributed by atoms with van der Waals surface area (Å²) in [5.41, 5.74) is 0.154. The van der Waals surface area contributed by atoms with Gasteiger partial charge in [-0.15, -0.1) is 0 Å². The second-order valence-electron chi connectivity index (χ2n) is 3.95. The van der Waals surface area contributed by atoms with Crippen molar-refractivity contribution in [1.29, 1.82) is 0 Å². The number of Topliss-reactive ketones (excluding diaryl/α,β-unsaturated/α-hetero) is 1. The molecular formula is C14H8O4S. The molecule has 0 fully saturated rings. The lowest BCUT2D eigenvalue weighted by Gasteiger charge is -2.19. The zero-order valence-corrected chi connectivity index (χ0v) is 10.4. The van der Waals surface area contributed by atoms with E-state index in [1.807, 2.05) is 24.3 Å². The van der Waals surface area contributed by atoms with Crippen LogP contribution in [0.3, 0.4) is 0 Å². The van der Waals surface area contributed by atoms with Crippen LogP contribution in [0.2, 0.25) is 0 Å². The molecule has 1 heterocycles. The highest BCUT2D eigenvalue weighted by molar-refractivity contribution is 7.99. The number of carbonyl (C=O) groups excluding carboxylic acids is 1. The van der Waals surface area contributed by atoms with Gasteiger partial charge in [0.1, 0.15) is 11.5 Å². The summed E-state index contributed by atoms with van der Waals surface area (Å²) in [5, 5.41) is 8.71. The quantitative estimate of drug-likeness (QED) is 0.573. The molecule has 1 aliphatic rings. The van der Waals surface area contributed by atoms with Crippen LogP contribution in [0.4, 0.5) is 0 Å². The molecule has 0 radical (unpaired) electrons. The van der Waals surface area contributed by atoms with Crippen LogP contribution >= 0.6 is 11.8 Å². The van der Waals surface area contributed by atoms with Crippen LogP contribution in [0.25, 0.3) is 0 Å². The number of carboxylic acid groups (broad SMARTS) is 1. The maximum absolute atomic E-state index is 11.4. The first-order valence-electron chi connectivity index (χ1n) is 5.51. The van der Waals surface area contributed by atoms with Gasteiger partial charge in [0.15, 0.2) is 0 Å². The predicted molar refractivity (Wildman–Crippen MR) is 69.0 cm³/mol. The number of hydrogen-bond acceptors (Lipinski definition) is 4. The molecule has 0 saturated carbocycles. The standard InChI is InChI=1S/C14H8O4S/c15-13(14(16)17)8-5-6-10-12(7-8)19-11-4-2-1-3-9(11)18-10/h1-7H,(H,16,17). The second kappa shape index (κ2) is 4.44. The first kappa shape index (κ1) is 11.8. The minimum atomic E-state index is -1.46. The van der Waals surface area contributed by atoms with E-state index in [9.17, 15) is 9.59 Å². The molecule has 4 nitrogen and oxygen atoms in total. The average molecular weight is 272 g/mol. The molecule has 0 amide bonds. The molecule has 19 heavy (non-hydrogen) atoms. The average Bonchev–Trinajstić information content (AvgIpc) is 2.43. The van der Waals surface area contributed by atoms with E-state index in [0.29, 0.717) is 5.75 Å². The number of fused-ring (bicyclic) bond motifs is 2. The molecule has 0 unspecified atom stereocenters. The molecule has 0 atom stereocenters. The van der Waals surface area contributed by atoms with Crippen molar-refractivity contribution in [2.75, 3.05) is 0 Å². The maximum atomic E-state index is 11.4. The van der Waals surface area contributed by atoms with Crippen LogP contribution in [0.1, 0.15) is 10.4 Å². The van der Waals surface area contributed by atoms with Gasteiger partial charge in [0.25, 0.3) is 5.78 Å². The lowest BCUT2D eigenvalue weighted by molar-refractivity contribution is -0.131. The van der Waals surface area contributed by atoms with Crippen molar-refractivity contribution in [3.05, 3.63) is 48.0 Å². The molecule has 0 aliphatic carbocycles. The van der Waals surface area contributed by atoms with Gasteiger partial charge in [0.2, 0.25) is 0 Å². The van der Waals surface area contributed by atoms with Crippen LogP contribution in [0.15, 0.2) is 52.3 Å². The molecule has 0 bridgehead atoms. The van der Waals surface area contributed by atoms with Gasteiger partial charge in [0, 0.05) is 5.56 Å². The Morgan fingerprint density at radius 1 is 1.00 bits per heavy atom. The molecule has 94 valence electrons. The van der Waals surface area contributed by atoms with Crippen molar-refractivity contribution >= 4 is 23.5 Å². The van der Waals surface area contributed by atoms with Crippen LogP contribution in [-0.2, 0) is 4.79 Å². The van der Waals surface area contributed by atoms with Gasteiger partial charge in [-0.05, 0) is 30.3 Å². The Hall–Kier alpha value is -2.27. The van der Waals surface area contributed by atoms with E-state index >= 15 is 0 Å². The maximum Gasteiger partial charge on any atom is 0.377 e. The Morgan fingerprint density at radius 3 is 2.53 bits per heavy atom. The summed E-state index contributed by atoms with van der Waals surface area (Å²) >= 11 is 1.46. The molecular weight excluding hydrogens is 264 g/mol. The van der Waals surface area contributed by atoms with Crippen LogP contribution in [0.5, 0.6) is 11.5 Å². The van der Waals surface area contributed by atoms with Crippen LogP contribution in [0, 0.1) is 0 Å². The third-order valence-electron chi connectivity index (χ3n) is 2.69. The minimum Gasteiger partial charge on any atom is -0.475 e. The zero-order chi connectivity index (χ0) is 13.4. The number of ketones is 1. The highest BCUT2D eigenvalue weighted by atomic mass is 32.2. The van der Waals surface area contributed by atoms with Gasteiger partial charge in [-0.25, -0.2) is 4.79 Å². The number of carboxylic acids is 1. The molecule has 2 aromatic rings. The minimum absolute atomic E-state index is 0.154. The van der Waals surface area contributed by atoms with Gasteiger partial charge < -0.3 is 9.84 Å². The summed E-state index contributed by atoms with van der Waals surface area (Å²) < 4.78 is 5.69. The summed E-state index contributed by atoms with van der Waals surface area (Å²) in [6.07, 6.45) is 0. The van der Waals surface area contributed by atoms with Crippen LogP contribution < -0.4 is 4.74 Å². The molecule has 0 aromatic heterocycles. The highest BCUT2D eigenvalue weighted by Crippen LogP contribution is 2.46. The monoisotopic (exact) mass is 272 g/mol. The van der Waals surface area contributed by atoms with Crippen molar-refractivity contribution < 1.29 is 19.4 Å². The van der Waals surface area contributed by atoms with Crippen molar-refractivity contribution in [1.82, 2.24) is 0 Å². The Morgan fingerprint density at radius 2 is 1.74 bits per heavy atom. The normalized spacial score (nSPS) is 12.0. The summed E-state index contributed by atoms with van der Waals surface area (Å²) in [5.74, 6) is -0.979. The number of carbonyl (C=O) groups is 2. The largest absolute Gasteiger partial charge is 0.475 e. The zero-order valence-electron chi connectivity index (χ0n) is 9.62. The highest BCUT2D eigenvalue weighted by Gasteiger charge is 2.21. The number of hydrogen-bond donors (Lipinski definition) is 1. The molecule has 0 saturated heterocycles. The Balaban J connectivity index is 2.01. The van der Waals surface area contributed by atoms with Gasteiger partial charge in [-0.2, -0.15) is 0 Å². The van der Waals surface area contributed by atoms with Crippen LogP contribution in [-0.4, -0.2) is 16.9 Å². The van der Waals surface area contributed by atoms with E-state index in [1.54, 1.807) is 12.1 Å². The van der Waals surface area contributed by atoms with Gasteiger partial charge >= 0.3 is 5.97 Å². The third kappa shape index (κ3) is 2.08. The Kier molecular flexibility index (Phi) is 2.76. The fourth-order valence-electron chi connectivity index (χ4n) is 1.79. The topological polar surface area (TPSA) is 63.6 Å². The summed E-state index contributed by atoms with van der Waals surface area (Å²) in [6.45, 7) is 0. The van der Waals surface area contributed by atoms with Gasteiger partial charge in [-0.1, -0.05) is 23.9 Å². The fourth-order valence-corrected chi connectivity index (χ4v) is 2.78. The number of rotatable bonds is 2. The Labute approximate surface area is 113 Å². The number of ether oxygens (including phenoxy) is 1. The molecule has 3 rings (SSSR count). The second-order valence-corrected chi connectivity index (χ2v) is 5.03. The SMILES string of the molecule is O=C(O)C(=O)c1ccc2c(c1)Sc1ccccc1O2. The lowest BCUT2D eigenvalue weighted by Crippen LogP contribution is -2.12. The number of aliphatic carboxylic acids is 1. The van der Waals surface area contributed by atoms with Crippen molar-refractivity contribution in [3.63, 3.8) is 0 Å². The molecule has 5 heteroatoms.